The SMILES string of the molecule is CN1CCC(CCNCCN)CC1. The average Bonchev–Trinajstić information content (AvgIpc) is 2.15. The predicted molar refractivity (Wildman–Crippen MR) is 56.8 cm³/mol. The van der Waals surface area contributed by atoms with Crippen LogP contribution in [0.2, 0.25) is 0 Å². The van der Waals surface area contributed by atoms with Gasteiger partial charge in [0.05, 0.1) is 0 Å². The molecule has 1 heterocycles. The molecule has 0 saturated carbocycles. The third kappa shape index (κ3) is 4.60. The first-order valence-electron chi connectivity index (χ1n) is 5.42. The minimum atomic E-state index is 0.757. The van der Waals surface area contributed by atoms with E-state index in [-0.39, 0.29) is 0 Å². The highest BCUT2D eigenvalue weighted by Crippen LogP contribution is 2.18. The topological polar surface area (TPSA) is 41.3 Å². The van der Waals surface area contributed by atoms with Gasteiger partial charge in [-0.15, -0.1) is 0 Å². The van der Waals surface area contributed by atoms with Crippen molar-refractivity contribution in [3.8, 4) is 0 Å². The molecule has 3 nitrogen and oxygen atoms in total. The Bertz CT molecular complexity index is 119. The van der Waals surface area contributed by atoms with E-state index in [4.69, 9.17) is 5.73 Å². The summed E-state index contributed by atoms with van der Waals surface area (Å²) in [5, 5.41) is 3.35. The Morgan fingerprint density at radius 2 is 2.00 bits per heavy atom. The van der Waals surface area contributed by atoms with Crippen molar-refractivity contribution in [1.29, 1.82) is 0 Å². The van der Waals surface area contributed by atoms with Crippen LogP contribution in [0.5, 0.6) is 0 Å². The van der Waals surface area contributed by atoms with Gasteiger partial charge in [0.1, 0.15) is 0 Å². The Kier molecular flexibility index (Phi) is 5.35. The summed E-state index contributed by atoms with van der Waals surface area (Å²) in [7, 11) is 2.21. The first kappa shape index (κ1) is 11.0. The lowest BCUT2D eigenvalue weighted by atomic mass is 9.94. The van der Waals surface area contributed by atoms with E-state index in [1.807, 2.05) is 0 Å². The van der Waals surface area contributed by atoms with E-state index in [2.05, 4.69) is 17.3 Å². The average molecular weight is 185 g/mol. The van der Waals surface area contributed by atoms with Gasteiger partial charge < -0.3 is 16.0 Å². The molecule has 1 aliphatic rings. The number of rotatable bonds is 5. The monoisotopic (exact) mass is 185 g/mol. The molecule has 78 valence electrons. The third-order valence-electron chi connectivity index (χ3n) is 2.89. The molecule has 0 spiro atoms. The smallest absolute Gasteiger partial charge is 0.00745 e. The molecular weight excluding hydrogens is 162 g/mol. The molecule has 1 fully saturated rings. The summed E-state index contributed by atoms with van der Waals surface area (Å²) in [6, 6.07) is 0. The van der Waals surface area contributed by atoms with E-state index in [0.29, 0.717) is 0 Å². The predicted octanol–water partition coefficient (Wildman–Crippen LogP) is 0.267. The third-order valence-corrected chi connectivity index (χ3v) is 2.89. The molecular formula is C10H23N3. The van der Waals surface area contributed by atoms with Crippen molar-refractivity contribution >= 4 is 0 Å². The minimum Gasteiger partial charge on any atom is -0.329 e. The number of hydrogen-bond donors (Lipinski definition) is 2. The van der Waals surface area contributed by atoms with Gasteiger partial charge in [-0.1, -0.05) is 0 Å². The van der Waals surface area contributed by atoms with E-state index < -0.39 is 0 Å². The number of piperidine rings is 1. The highest BCUT2D eigenvalue weighted by Gasteiger charge is 2.15. The van der Waals surface area contributed by atoms with E-state index in [1.54, 1.807) is 0 Å². The number of hydrogen-bond acceptors (Lipinski definition) is 3. The summed E-state index contributed by atoms with van der Waals surface area (Å²) in [4.78, 5) is 2.42. The van der Waals surface area contributed by atoms with Crippen molar-refractivity contribution in [2.75, 3.05) is 39.8 Å². The van der Waals surface area contributed by atoms with E-state index in [1.165, 1.54) is 32.4 Å². The molecule has 0 aromatic rings. The summed E-state index contributed by atoms with van der Waals surface area (Å²) in [5.74, 6) is 0.946. The normalized spacial score (nSPS) is 20.8. The first-order chi connectivity index (χ1) is 6.33. The Morgan fingerprint density at radius 1 is 1.31 bits per heavy atom. The summed E-state index contributed by atoms with van der Waals surface area (Å²) in [5.41, 5.74) is 5.40. The molecule has 0 unspecified atom stereocenters. The fraction of sp³-hybridized carbons (Fsp3) is 1.00. The highest BCUT2D eigenvalue weighted by atomic mass is 15.1. The van der Waals surface area contributed by atoms with E-state index >= 15 is 0 Å². The van der Waals surface area contributed by atoms with Gasteiger partial charge in [0, 0.05) is 13.1 Å². The van der Waals surface area contributed by atoms with Gasteiger partial charge in [0.25, 0.3) is 0 Å². The fourth-order valence-electron chi connectivity index (χ4n) is 1.88. The van der Waals surface area contributed by atoms with E-state index in [0.717, 1.165) is 25.6 Å². The Morgan fingerprint density at radius 3 is 2.62 bits per heavy atom. The zero-order valence-electron chi connectivity index (χ0n) is 8.76. The van der Waals surface area contributed by atoms with Crippen LogP contribution in [0, 0.1) is 5.92 Å². The van der Waals surface area contributed by atoms with Crippen molar-refractivity contribution in [3.63, 3.8) is 0 Å². The van der Waals surface area contributed by atoms with Crippen LogP contribution in [0.3, 0.4) is 0 Å². The quantitative estimate of drug-likeness (QED) is 0.604. The van der Waals surface area contributed by atoms with Crippen LogP contribution in [0.4, 0.5) is 0 Å². The molecule has 0 aliphatic carbocycles. The fourth-order valence-corrected chi connectivity index (χ4v) is 1.88. The molecule has 0 aromatic carbocycles. The molecule has 1 saturated heterocycles. The number of nitrogens with two attached hydrogens (primary N) is 1. The van der Waals surface area contributed by atoms with Gasteiger partial charge in [-0.2, -0.15) is 0 Å². The van der Waals surface area contributed by atoms with Crippen LogP contribution in [0.1, 0.15) is 19.3 Å². The highest BCUT2D eigenvalue weighted by molar-refractivity contribution is 4.70. The molecule has 1 aliphatic heterocycles. The first-order valence-corrected chi connectivity index (χ1v) is 5.42. The lowest BCUT2D eigenvalue weighted by Gasteiger charge is -2.28. The summed E-state index contributed by atoms with van der Waals surface area (Å²) in [6.07, 6.45) is 4.08. The van der Waals surface area contributed by atoms with Gasteiger partial charge >= 0.3 is 0 Å². The lowest BCUT2D eigenvalue weighted by Crippen LogP contribution is -2.32. The van der Waals surface area contributed by atoms with Crippen LogP contribution >= 0.6 is 0 Å². The second kappa shape index (κ2) is 6.35. The maximum Gasteiger partial charge on any atom is 0.00745 e. The van der Waals surface area contributed by atoms with Crippen LogP contribution in [-0.2, 0) is 0 Å². The van der Waals surface area contributed by atoms with E-state index in [9.17, 15) is 0 Å². The van der Waals surface area contributed by atoms with Crippen molar-refractivity contribution in [3.05, 3.63) is 0 Å². The summed E-state index contributed by atoms with van der Waals surface area (Å²) >= 11 is 0. The van der Waals surface area contributed by atoms with Gasteiger partial charge in [-0.05, 0) is 51.9 Å². The Balaban J connectivity index is 1.96. The molecule has 0 atom stereocenters. The standard InChI is InChI=1S/C10H23N3/c1-13-8-3-10(4-9-13)2-6-12-7-5-11/h10,12H,2-9,11H2,1H3. The molecule has 1 rings (SSSR count). The van der Waals surface area contributed by atoms with Crippen molar-refractivity contribution < 1.29 is 0 Å². The number of nitrogens with zero attached hydrogens (tertiary/aromatic N) is 1. The molecule has 0 amide bonds. The largest absolute Gasteiger partial charge is 0.329 e. The van der Waals surface area contributed by atoms with Gasteiger partial charge in [-0.3, -0.25) is 0 Å². The van der Waals surface area contributed by atoms with Crippen LogP contribution in [0.15, 0.2) is 0 Å². The molecule has 0 aromatic heterocycles. The van der Waals surface area contributed by atoms with Crippen molar-refractivity contribution in [2.45, 2.75) is 19.3 Å². The molecule has 3 heteroatoms. The maximum absolute atomic E-state index is 5.40. The number of nitrogens with one attached hydrogen (secondary N) is 1. The zero-order valence-corrected chi connectivity index (χ0v) is 8.76. The Hall–Kier alpha value is -0.120. The van der Waals surface area contributed by atoms with Crippen LogP contribution in [-0.4, -0.2) is 44.7 Å². The molecule has 0 radical (unpaired) electrons. The van der Waals surface area contributed by atoms with Crippen molar-refractivity contribution in [1.82, 2.24) is 10.2 Å². The van der Waals surface area contributed by atoms with Crippen LogP contribution < -0.4 is 11.1 Å². The Labute approximate surface area is 81.7 Å². The van der Waals surface area contributed by atoms with Crippen molar-refractivity contribution in [2.24, 2.45) is 11.7 Å². The second-order valence-corrected chi connectivity index (χ2v) is 4.07. The lowest BCUT2D eigenvalue weighted by molar-refractivity contribution is 0.212. The van der Waals surface area contributed by atoms with Crippen LogP contribution in [0.25, 0.3) is 0 Å². The number of likely N-dealkylation sites (tertiary alicyclic amines) is 1. The second-order valence-electron chi connectivity index (χ2n) is 4.07. The van der Waals surface area contributed by atoms with Gasteiger partial charge in [0.15, 0.2) is 0 Å². The van der Waals surface area contributed by atoms with Gasteiger partial charge in [0.2, 0.25) is 0 Å². The summed E-state index contributed by atoms with van der Waals surface area (Å²) < 4.78 is 0. The van der Waals surface area contributed by atoms with Gasteiger partial charge in [-0.25, -0.2) is 0 Å². The zero-order chi connectivity index (χ0) is 9.52. The maximum atomic E-state index is 5.40. The molecule has 13 heavy (non-hydrogen) atoms. The minimum absolute atomic E-state index is 0.757. The molecule has 0 bridgehead atoms. The molecule has 3 N–H and O–H groups in total. The summed E-state index contributed by atoms with van der Waals surface area (Å²) in [6.45, 7) is 5.43.